The Labute approximate surface area is 885 Å². The van der Waals surface area contributed by atoms with Crippen LogP contribution in [0.15, 0.2) is 36.4 Å². The first kappa shape index (κ1) is 117. The minimum absolute atomic E-state index is 0.648. The van der Waals surface area contributed by atoms with Gasteiger partial charge in [0.15, 0.2) is 0 Å². The number of nitrogens with zero attached hydrogens (tertiary/aromatic N) is 26. The van der Waals surface area contributed by atoms with Crippen molar-refractivity contribution >= 4 is 82.2 Å². The average molecular weight is 2030 g/mol. The molecule has 0 amide bonds. The molecule has 6 aromatic heterocycles. The van der Waals surface area contributed by atoms with Crippen molar-refractivity contribution in [1.29, 1.82) is 0 Å². The molecule has 820 valence electrons. The smallest absolute Gasteiger partial charge is 0.230 e. The van der Waals surface area contributed by atoms with E-state index in [2.05, 4.69) is 188 Å². The lowest BCUT2D eigenvalue weighted by atomic mass is 10.1. The Balaban J connectivity index is 0.912. The van der Waals surface area contributed by atoms with E-state index in [0.717, 1.165) is 342 Å². The van der Waals surface area contributed by atoms with Gasteiger partial charge in [-0.25, -0.2) is 0 Å². The van der Waals surface area contributed by atoms with Crippen LogP contribution >= 0.6 is 0 Å². The number of aromatic nitrogens is 12. The van der Waals surface area contributed by atoms with Crippen LogP contribution in [0, 0.1) is 0 Å². The van der Waals surface area contributed by atoms with E-state index >= 15 is 0 Å². The van der Waals surface area contributed by atoms with Gasteiger partial charge in [0.2, 0.25) is 59.2 Å². The number of unbranched alkanes of at least 4 members (excludes halogenated alkanes) is 36. The molecule has 0 spiro atoms. The fourth-order valence-electron chi connectivity index (χ4n) is 20.5. The van der Waals surface area contributed by atoms with Crippen molar-refractivity contribution in [3.05, 3.63) is 36.4 Å². The third-order valence-corrected chi connectivity index (χ3v) is 30.0. The van der Waals surface area contributed by atoms with Crippen LogP contribution in [0.5, 0.6) is 23.5 Å². The standard InChI is InChI=1S/C116H202N26O4/c1-13-25-37-49-61-129(62-50-38-26-14-2)103-95-107(143-89-57-45-33-21-9)125-113(121-103)139-77-69-133(70-78-139)99-93-100(134-71-79-140(80-72-134)114-122-104(96-108(126-114)144-90-58-46-34-22-10)130(63-51-39-27-15-3)64-52-40-28-16-4)118-111(117-99)137-85-87-138(88-86-137)112-119-101(135-73-81-141(82-74-135)115-123-105(97-109(127-115)145-91-59-47-35-23-11)131(65-53-41-29-17-5)66-54-42-30-18-6)94-102(120-112)136-75-83-142(84-76-136)116-124-106(98-110(128-116)146-92-60-48-36-24-12)132(67-55-43-31-19-7)68-56-44-32-20-8/h93-98H,13-92H2,1-12H3. The van der Waals surface area contributed by atoms with Crippen molar-refractivity contribution in [3.8, 4) is 23.5 Å². The average Bonchev–Trinajstić information content (AvgIpc) is 0.781. The quantitative estimate of drug-likeness (QED) is 0.0323. The van der Waals surface area contributed by atoms with E-state index in [0.29, 0.717) is 76.1 Å². The second-order valence-corrected chi connectivity index (χ2v) is 42.2. The van der Waals surface area contributed by atoms with Crippen LogP contribution in [0.2, 0.25) is 0 Å². The summed E-state index contributed by atoms with van der Waals surface area (Å²) in [6.45, 7) is 52.4. The highest BCUT2D eigenvalue weighted by Gasteiger charge is 2.34. The predicted octanol–water partition coefficient (Wildman–Crippen LogP) is 24.8. The lowest BCUT2D eigenvalue weighted by Gasteiger charge is -2.40. The van der Waals surface area contributed by atoms with E-state index in [1.54, 1.807) is 0 Å². The Hall–Kier alpha value is -9.12. The lowest BCUT2D eigenvalue weighted by molar-refractivity contribution is 0.293. The van der Waals surface area contributed by atoms with Crippen molar-refractivity contribution < 1.29 is 18.9 Å². The first-order valence-corrected chi connectivity index (χ1v) is 60.3. The van der Waals surface area contributed by atoms with Crippen LogP contribution in [0.3, 0.4) is 0 Å². The molecule has 5 fully saturated rings. The van der Waals surface area contributed by atoms with Gasteiger partial charge in [-0.15, -0.1) is 0 Å². The number of piperazine rings is 5. The van der Waals surface area contributed by atoms with Gasteiger partial charge in [0.05, 0.1) is 26.4 Å². The molecule has 5 aliphatic rings. The molecule has 30 heteroatoms. The van der Waals surface area contributed by atoms with Crippen molar-refractivity contribution in [3.63, 3.8) is 0 Å². The molecule has 0 atom stereocenters. The fourth-order valence-corrected chi connectivity index (χ4v) is 20.5. The molecular formula is C116H202N26O4. The molecule has 6 aromatic rings. The summed E-state index contributed by atoms with van der Waals surface area (Å²) in [4.78, 5) is 100. The van der Waals surface area contributed by atoms with E-state index in [1.807, 2.05) is 0 Å². The highest BCUT2D eigenvalue weighted by molar-refractivity contribution is 5.62. The molecule has 0 bridgehead atoms. The van der Waals surface area contributed by atoms with Crippen LogP contribution in [-0.2, 0) is 0 Å². The lowest BCUT2D eigenvalue weighted by Crippen LogP contribution is -2.50. The molecule has 5 aliphatic heterocycles. The maximum absolute atomic E-state index is 6.64. The van der Waals surface area contributed by atoms with Crippen LogP contribution in [-0.4, -0.2) is 269 Å². The predicted molar refractivity (Wildman–Crippen MR) is 615 cm³/mol. The van der Waals surface area contributed by atoms with Gasteiger partial charge in [-0.05, 0) is 77.0 Å². The molecule has 0 saturated carbocycles. The molecule has 30 nitrogen and oxygen atoms in total. The largest absolute Gasteiger partial charge is 0.477 e. The van der Waals surface area contributed by atoms with Crippen LogP contribution in [0.1, 0.15) is 391 Å². The Bertz CT molecular complexity index is 3850. The maximum atomic E-state index is 6.64. The zero-order valence-electron chi connectivity index (χ0n) is 94.3. The summed E-state index contributed by atoms with van der Waals surface area (Å²) >= 11 is 0. The molecule has 0 radical (unpaired) electrons. The summed E-state index contributed by atoms with van der Waals surface area (Å²) in [5, 5.41) is 0. The third kappa shape index (κ3) is 40.3. The summed E-state index contributed by atoms with van der Waals surface area (Å²) in [6.07, 6.45) is 56.7. The molecule has 11 rings (SSSR count). The second kappa shape index (κ2) is 69.3. The zero-order valence-corrected chi connectivity index (χ0v) is 94.3. The summed E-state index contributed by atoms with van der Waals surface area (Å²) in [7, 11) is 0. The fraction of sp³-hybridized carbons (Fsp3) is 0.793. The first-order chi connectivity index (χ1) is 71.9. The first-order valence-electron chi connectivity index (χ1n) is 60.3. The van der Waals surface area contributed by atoms with E-state index in [4.69, 9.17) is 78.8 Å². The Kier molecular flexibility index (Phi) is 55.6. The van der Waals surface area contributed by atoms with Gasteiger partial charge in [0, 0.05) is 220 Å². The van der Waals surface area contributed by atoms with Gasteiger partial charge < -0.3 is 87.5 Å². The molecule has 5 saturated heterocycles. The van der Waals surface area contributed by atoms with E-state index in [1.165, 1.54) is 205 Å². The molecule has 0 aliphatic carbocycles. The Morgan fingerprint density at radius 1 is 0.164 bits per heavy atom. The highest BCUT2D eigenvalue weighted by atomic mass is 16.5. The van der Waals surface area contributed by atoms with E-state index < -0.39 is 0 Å². The molecule has 146 heavy (non-hydrogen) atoms. The summed E-state index contributed by atoms with van der Waals surface area (Å²) in [6, 6.07) is 13.1. The van der Waals surface area contributed by atoms with E-state index in [9.17, 15) is 0 Å². The van der Waals surface area contributed by atoms with E-state index in [-0.39, 0.29) is 0 Å². The van der Waals surface area contributed by atoms with Gasteiger partial charge >= 0.3 is 0 Å². The van der Waals surface area contributed by atoms with Crippen LogP contribution < -0.4 is 87.5 Å². The summed E-state index contributed by atoms with van der Waals surface area (Å²) < 4.78 is 26.6. The normalized spacial score (nSPS) is 14.8. The minimum atomic E-state index is 0.648. The van der Waals surface area contributed by atoms with Gasteiger partial charge in [-0.3, -0.25) is 0 Å². The summed E-state index contributed by atoms with van der Waals surface area (Å²) in [5.41, 5.74) is 0. The SMILES string of the molecule is CCCCCCOc1cc(N(CCCCCC)CCCCCC)nc(N2CCN(c3cc(N4CCN(c5nc(OCCCCCC)cc(N(CCCCCC)CCCCCC)n5)CC4)nc(N4CCN(c5nc(N6CCN(c7nc(OCCCCCC)cc(N(CCCCCC)CCCCCC)n7)CC6)cc(N6CCN(c7nc(OCCCCCC)cc(N(CCCCCC)CCCCCC)n7)CC6)n5)CC4)n3)CC2)n1. The van der Waals surface area contributed by atoms with Gasteiger partial charge in [0.1, 0.15) is 46.5 Å². The topological polar surface area (TPSA) is 237 Å². The van der Waals surface area contributed by atoms with Gasteiger partial charge in [-0.2, -0.15) is 59.8 Å². The molecule has 11 heterocycles. The number of rotatable bonds is 78. The molecular weight excluding hydrogens is 1820 g/mol. The van der Waals surface area contributed by atoms with Crippen molar-refractivity contribution in [1.82, 2.24) is 59.8 Å². The monoisotopic (exact) mass is 2020 g/mol. The zero-order chi connectivity index (χ0) is 103. The Morgan fingerprint density at radius 2 is 0.308 bits per heavy atom. The number of anilines is 14. The second-order valence-electron chi connectivity index (χ2n) is 42.2. The van der Waals surface area contributed by atoms with Crippen molar-refractivity contribution in [2.24, 2.45) is 0 Å². The van der Waals surface area contributed by atoms with Gasteiger partial charge in [-0.1, -0.05) is 314 Å². The minimum Gasteiger partial charge on any atom is -0.477 e. The number of hydrogen-bond acceptors (Lipinski definition) is 30. The van der Waals surface area contributed by atoms with Crippen LogP contribution in [0.25, 0.3) is 0 Å². The van der Waals surface area contributed by atoms with Crippen molar-refractivity contribution in [2.45, 2.75) is 391 Å². The third-order valence-electron chi connectivity index (χ3n) is 30.0. The molecule has 0 N–H and O–H groups in total. The highest BCUT2D eigenvalue weighted by Crippen LogP contribution is 2.36. The molecule has 0 aromatic carbocycles. The maximum Gasteiger partial charge on any atom is 0.230 e. The van der Waals surface area contributed by atoms with Crippen molar-refractivity contribution in [2.75, 3.05) is 278 Å². The van der Waals surface area contributed by atoms with Crippen LogP contribution in [0.4, 0.5) is 82.2 Å². The van der Waals surface area contributed by atoms with Gasteiger partial charge in [0.25, 0.3) is 0 Å². The number of ether oxygens (including phenoxy) is 4. The number of hydrogen-bond donors (Lipinski definition) is 0. The summed E-state index contributed by atoms with van der Waals surface area (Å²) in [5.74, 6) is 14.9. The molecule has 0 unspecified atom stereocenters. The Morgan fingerprint density at radius 3 is 0.466 bits per heavy atom.